The molecule has 12 heavy (non-hydrogen) atoms. The molecular formula is C9H7NO2. The molecule has 0 bridgehead atoms. The topological polar surface area (TPSA) is 50.2 Å². The quantitative estimate of drug-likeness (QED) is 0.573. The summed E-state index contributed by atoms with van der Waals surface area (Å²) in [6.07, 6.45) is 1.58. The van der Waals surface area contributed by atoms with E-state index in [1.54, 1.807) is 12.3 Å². The van der Waals surface area contributed by atoms with E-state index in [-0.39, 0.29) is 0 Å². The van der Waals surface area contributed by atoms with Crippen LogP contribution in [0.15, 0.2) is 18.3 Å². The van der Waals surface area contributed by atoms with Gasteiger partial charge in [0.05, 0.1) is 0 Å². The van der Waals surface area contributed by atoms with Gasteiger partial charge in [-0.3, -0.25) is 0 Å². The first-order valence-corrected chi connectivity index (χ1v) is 3.36. The van der Waals surface area contributed by atoms with Gasteiger partial charge in [0.1, 0.15) is 5.69 Å². The first-order valence-electron chi connectivity index (χ1n) is 3.36. The molecule has 1 aromatic rings. The second-order valence-electron chi connectivity index (χ2n) is 2.22. The molecule has 0 unspecified atom stereocenters. The minimum absolute atomic E-state index is 0.514. The van der Waals surface area contributed by atoms with Crippen molar-refractivity contribution in [2.45, 2.75) is 6.92 Å². The van der Waals surface area contributed by atoms with E-state index in [2.05, 4.69) is 10.9 Å². The van der Waals surface area contributed by atoms with Gasteiger partial charge < -0.3 is 5.11 Å². The van der Waals surface area contributed by atoms with Crippen molar-refractivity contribution < 1.29 is 9.90 Å². The Morgan fingerprint density at radius 2 is 2.42 bits per heavy atom. The highest BCUT2D eigenvalue weighted by Gasteiger charge is 1.92. The lowest BCUT2D eigenvalue weighted by Gasteiger charge is -1.92. The summed E-state index contributed by atoms with van der Waals surface area (Å²) < 4.78 is 0. The maximum absolute atomic E-state index is 10.1. The number of carboxylic acids is 1. The normalized spacial score (nSPS) is 8.42. The van der Waals surface area contributed by atoms with Gasteiger partial charge in [0.2, 0.25) is 0 Å². The van der Waals surface area contributed by atoms with Crippen molar-refractivity contribution >= 4 is 5.97 Å². The van der Waals surface area contributed by atoms with Gasteiger partial charge in [-0.05, 0) is 24.5 Å². The molecule has 0 atom stereocenters. The molecule has 60 valence electrons. The fourth-order valence-electron chi connectivity index (χ4n) is 0.729. The molecule has 0 radical (unpaired) electrons. The Morgan fingerprint density at radius 3 is 3.00 bits per heavy atom. The van der Waals surface area contributed by atoms with Crippen LogP contribution in [0.3, 0.4) is 0 Å². The molecule has 0 aromatic carbocycles. The van der Waals surface area contributed by atoms with Crippen LogP contribution in [0.1, 0.15) is 11.3 Å². The van der Waals surface area contributed by atoms with Crippen molar-refractivity contribution in [2.75, 3.05) is 0 Å². The van der Waals surface area contributed by atoms with Crippen LogP contribution >= 0.6 is 0 Å². The molecule has 0 aliphatic rings. The average molecular weight is 161 g/mol. The Kier molecular flexibility index (Phi) is 2.44. The zero-order valence-corrected chi connectivity index (χ0v) is 6.53. The monoisotopic (exact) mass is 161 g/mol. The molecule has 1 rings (SSSR count). The molecule has 1 aromatic heterocycles. The summed E-state index contributed by atoms with van der Waals surface area (Å²) in [5.74, 6) is 3.32. The molecule has 3 heteroatoms. The Bertz CT molecular complexity index is 360. The minimum Gasteiger partial charge on any atom is -0.472 e. The number of aliphatic carboxylic acids is 1. The van der Waals surface area contributed by atoms with E-state index in [0.29, 0.717) is 5.69 Å². The van der Waals surface area contributed by atoms with Gasteiger partial charge in [-0.1, -0.05) is 6.07 Å². The summed E-state index contributed by atoms with van der Waals surface area (Å²) in [5.41, 5.74) is 1.39. The molecule has 0 fully saturated rings. The summed E-state index contributed by atoms with van der Waals surface area (Å²) >= 11 is 0. The van der Waals surface area contributed by atoms with Crippen LogP contribution < -0.4 is 0 Å². The lowest BCUT2D eigenvalue weighted by Crippen LogP contribution is -1.90. The first kappa shape index (κ1) is 8.28. The third-order valence-corrected chi connectivity index (χ3v) is 1.30. The van der Waals surface area contributed by atoms with Crippen LogP contribution in [0.25, 0.3) is 0 Å². The second kappa shape index (κ2) is 3.54. The molecular weight excluding hydrogens is 154 g/mol. The zero-order valence-electron chi connectivity index (χ0n) is 6.53. The van der Waals surface area contributed by atoms with Gasteiger partial charge in [0, 0.05) is 12.1 Å². The van der Waals surface area contributed by atoms with E-state index >= 15 is 0 Å². The number of rotatable bonds is 0. The van der Waals surface area contributed by atoms with Crippen LogP contribution in [0.5, 0.6) is 0 Å². The Labute approximate surface area is 70.1 Å². The predicted molar refractivity (Wildman–Crippen MR) is 43.5 cm³/mol. The van der Waals surface area contributed by atoms with Gasteiger partial charge in [-0.2, -0.15) is 0 Å². The van der Waals surface area contributed by atoms with Crippen molar-refractivity contribution in [1.82, 2.24) is 4.98 Å². The van der Waals surface area contributed by atoms with E-state index in [1.165, 1.54) is 0 Å². The average Bonchev–Trinajstić information content (AvgIpc) is 2.03. The molecule has 0 amide bonds. The van der Waals surface area contributed by atoms with Gasteiger partial charge in [-0.25, -0.2) is 9.78 Å². The van der Waals surface area contributed by atoms with E-state index in [4.69, 9.17) is 5.11 Å². The fourth-order valence-corrected chi connectivity index (χ4v) is 0.729. The maximum atomic E-state index is 10.1. The lowest BCUT2D eigenvalue weighted by molar-refractivity contribution is -0.130. The van der Waals surface area contributed by atoms with Crippen molar-refractivity contribution in [1.29, 1.82) is 0 Å². The van der Waals surface area contributed by atoms with Gasteiger partial charge in [-0.15, -0.1) is 0 Å². The highest BCUT2D eigenvalue weighted by Crippen LogP contribution is 1.99. The number of pyridine rings is 1. The summed E-state index contributed by atoms with van der Waals surface area (Å²) in [6, 6.07) is 3.61. The molecule has 0 saturated heterocycles. The SMILES string of the molecule is Cc1cccnc1C#CC(=O)O. The summed E-state index contributed by atoms with van der Waals surface area (Å²) in [4.78, 5) is 14.0. The third kappa shape index (κ3) is 2.10. The van der Waals surface area contributed by atoms with Crippen LogP contribution in [0.2, 0.25) is 0 Å². The second-order valence-corrected chi connectivity index (χ2v) is 2.22. The number of hydrogen-bond acceptors (Lipinski definition) is 2. The number of carboxylic acid groups (broad SMARTS) is 1. The number of carbonyl (C=O) groups is 1. The zero-order chi connectivity index (χ0) is 8.97. The Hall–Kier alpha value is -1.82. The highest BCUT2D eigenvalue weighted by molar-refractivity contribution is 5.87. The third-order valence-electron chi connectivity index (χ3n) is 1.30. The number of aromatic nitrogens is 1. The molecule has 0 aliphatic carbocycles. The first-order chi connectivity index (χ1) is 5.70. The largest absolute Gasteiger partial charge is 0.472 e. The van der Waals surface area contributed by atoms with Crippen molar-refractivity contribution in [3.63, 3.8) is 0 Å². The molecule has 3 nitrogen and oxygen atoms in total. The molecule has 1 heterocycles. The van der Waals surface area contributed by atoms with Crippen LogP contribution in [-0.2, 0) is 4.79 Å². The lowest BCUT2D eigenvalue weighted by atomic mass is 10.2. The van der Waals surface area contributed by atoms with Crippen molar-refractivity contribution in [2.24, 2.45) is 0 Å². The van der Waals surface area contributed by atoms with Crippen LogP contribution in [0, 0.1) is 18.8 Å². The minimum atomic E-state index is -1.14. The van der Waals surface area contributed by atoms with Crippen molar-refractivity contribution in [3.8, 4) is 11.8 Å². The van der Waals surface area contributed by atoms with Crippen LogP contribution in [0.4, 0.5) is 0 Å². The molecule has 0 saturated carbocycles. The maximum Gasteiger partial charge on any atom is 0.382 e. The Morgan fingerprint density at radius 1 is 1.67 bits per heavy atom. The van der Waals surface area contributed by atoms with Crippen molar-refractivity contribution in [3.05, 3.63) is 29.6 Å². The Balaban J connectivity index is 2.99. The number of aryl methyl sites for hydroxylation is 1. The van der Waals surface area contributed by atoms with E-state index in [1.807, 2.05) is 18.9 Å². The van der Waals surface area contributed by atoms with E-state index < -0.39 is 5.97 Å². The standard InChI is InChI=1S/C9H7NO2/c1-7-3-2-6-10-8(7)4-5-9(11)12/h2-3,6H,1H3,(H,11,12). The smallest absolute Gasteiger partial charge is 0.382 e. The van der Waals surface area contributed by atoms with E-state index in [9.17, 15) is 4.79 Å². The summed E-state index contributed by atoms with van der Waals surface area (Å²) in [7, 11) is 0. The van der Waals surface area contributed by atoms with Gasteiger partial charge in [0.15, 0.2) is 0 Å². The van der Waals surface area contributed by atoms with E-state index in [0.717, 1.165) is 5.56 Å². The molecule has 1 N–H and O–H groups in total. The summed E-state index contributed by atoms with van der Waals surface area (Å²) in [5, 5.41) is 8.26. The van der Waals surface area contributed by atoms with Crippen LogP contribution in [-0.4, -0.2) is 16.1 Å². The predicted octanol–water partition coefficient (Wildman–Crippen LogP) is 0.826. The highest BCUT2D eigenvalue weighted by atomic mass is 16.4. The molecule has 0 spiro atoms. The van der Waals surface area contributed by atoms with Gasteiger partial charge >= 0.3 is 5.97 Å². The fraction of sp³-hybridized carbons (Fsp3) is 0.111. The van der Waals surface area contributed by atoms with Gasteiger partial charge in [0.25, 0.3) is 0 Å². The molecule has 0 aliphatic heterocycles. The number of nitrogens with zero attached hydrogens (tertiary/aromatic N) is 1. The summed E-state index contributed by atoms with van der Waals surface area (Å²) in [6.45, 7) is 1.83. The number of hydrogen-bond donors (Lipinski definition) is 1.